The fraction of sp³-hybridized carbons (Fsp3) is 0.348. The van der Waals surface area contributed by atoms with Crippen molar-refractivity contribution in [1.29, 1.82) is 0 Å². The van der Waals surface area contributed by atoms with Crippen molar-refractivity contribution in [3.63, 3.8) is 0 Å². The molecule has 0 bridgehead atoms. The maximum absolute atomic E-state index is 5.25. The number of aryl methyl sites for hydroxylation is 3. The number of aromatic nitrogens is 2. The summed E-state index contributed by atoms with van der Waals surface area (Å²) in [5.41, 5.74) is 4.23. The van der Waals surface area contributed by atoms with Crippen molar-refractivity contribution in [3.8, 4) is 5.75 Å². The molecule has 0 aliphatic heterocycles. The summed E-state index contributed by atoms with van der Waals surface area (Å²) in [5, 5.41) is 0. The van der Waals surface area contributed by atoms with Crippen molar-refractivity contribution in [2.24, 2.45) is 5.92 Å². The van der Waals surface area contributed by atoms with Crippen LogP contribution in [0, 0.1) is 12.8 Å². The standard InChI is InChI=1S/C23H28N2O/c1-19-5-3-4-6-22(19)12-9-21(17-25-16-15-24-18-25)8-7-20-10-13-23(26-2)14-11-20/h3-6,10-11,13-16,18,21H,7-9,12,17H2,1-2H3. The van der Waals surface area contributed by atoms with E-state index in [9.17, 15) is 0 Å². The Kier molecular flexibility index (Phi) is 6.48. The smallest absolute Gasteiger partial charge is 0.118 e. The van der Waals surface area contributed by atoms with Crippen molar-refractivity contribution in [2.75, 3.05) is 7.11 Å². The van der Waals surface area contributed by atoms with Gasteiger partial charge in [-0.1, -0.05) is 36.4 Å². The average Bonchev–Trinajstić information content (AvgIpc) is 3.18. The normalized spacial score (nSPS) is 12.1. The van der Waals surface area contributed by atoms with E-state index in [4.69, 9.17) is 4.74 Å². The molecule has 1 aromatic heterocycles. The Bertz CT molecular complexity index is 778. The van der Waals surface area contributed by atoms with E-state index in [1.165, 1.54) is 29.5 Å². The number of ether oxygens (including phenoxy) is 1. The lowest BCUT2D eigenvalue weighted by Crippen LogP contribution is -2.12. The second-order valence-corrected chi connectivity index (χ2v) is 6.98. The van der Waals surface area contributed by atoms with Gasteiger partial charge in [-0.25, -0.2) is 4.98 Å². The predicted octanol–water partition coefficient (Wildman–Crippen LogP) is 5.08. The zero-order chi connectivity index (χ0) is 18.2. The largest absolute Gasteiger partial charge is 0.497 e. The molecular formula is C23H28N2O. The van der Waals surface area contributed by atoms with Gasteiger partial charge in [0.05, 0.1) is 13.4 Å². The van der Waals surface area contributed by atoms with Gasteiger partial charge in [0, 0.05) is 18.9 Å². The zero-order valence-electron chi connectivity index (χ0n) is 15.8. The molecule has 136 valence electrons. The lowest BCUT2D eigenvalue weighted by Gasteiger charge is -2.18. The molecule has 26 heavy (non-hydrogen) atoms. The van der Waals surface area contributed by atoms with Crippen LogP contribution in [-0.4, -0.2) is 16.7 Å². The van der Waals surface area contributed by atoms with Gasteiger partial charge in [0.1, 0.15) is 5.75 Å². The first kappa shape index (κ1) is 18.2. The Morgan fingerprint density at radius 3 is 2.46 bits per heavy atom. The van der Waals surface area contributed by atoms with Crippen molar-refractivity contribution in [3.05, 3.63) is 83.9 Å². The molecule has 0 amide bonds. The highest BCUT2D eigenvalue weighted by Gasteiger charge is 2.11. The van der Waals surface area contributed by atoms with Gasteiger partial charge in [-0.05, 0) is 67.3 Å². The summed E-state index contributed by atoms with van der Waals surface area (Å²) in [6, 6.07) is 17.2. The van der Waals surface area contributed by atoms with Crippen molar-refractivity contribution < 1.29 is 4.74 Å². The van der Waals surface area contributed by atoms with Gasteiger partial charge >= 0.3 is 0 Å². The quantitative estimate of drug-likeness (QED) is 0.539. The lowest BCUT2D eigenvalue weighted by molar-refractivity contribution is 0.388. The molecule has 0 saturated carbocycles. The fourth-order valence-corrected chi connectivity index (χ4v) is 3.43. The summed E-state index contributed by atoms with van der Waals surface area (Å²) in [5.74, 6) is 1.55. The van der Waals surface area contributed by atoms with Crippen LogP contribution in [0.1, 0.15) is 29.5 Å². The third-order valence-electron chi connectivity index (χ3n) is 5.11. The lowest BCUT2D eigenvalue weighted by atomic mass is 9.92. The highest BCUT2D eigenvalue weighted by atomic mass is 16.5. The van der Waals surface area contributed by atoms with Crippen LogP contribution in [0.25, 0.3) is 0 Å². The van der Waals surface area contributed by atoms with Crippen LogP contribution in [0.5, 0.6) is 5.75 Å². The van der Waals surface area contributed by atoms with Crippen LogP contribution in [0.15, 0.2) is 67.3 Å². The van der Waals surface area contributed by atoms with Crippen molar-refractivity contribution in [2.45, 2.75) is 39.2 Å². The van der Waals surface area contributed by atoms with E-state index in [0.717, 1.165) is 25.1 Å². The molecule has 0 spiro atoms. The maximum atomic E-state index is 5.25. The molecule has 2 aromatic carbocycles. The first-order chi connectivity index (χ1) is 12.7. The summed E-state index contributed by atoms with van der Waals surface area (Å²) < 4.78 is 7.46. The SMILES string of the molecule is COc1ccc(CCC(CCc2ccccc2C)Cn2ccnc2)cc1. The monoisotopic (exact) mass is 348 g/mol. The minimum Gasteiger partial charge on any atom is -0.497 e. The Balaban J connectivity index is 1.61. The minimum atomic E-state index is 0.630. The number of hydrogen-bond acceptors (Lipinski definition) is 2. The molecule has 0 radical (unpaired) electrons. The molecule has 0 saturated heterocycles. The third-order valence-corrected chi connectivity index (χ3v) is 5.11. The highest BCUT2D eigenvalue weighted by molar-refractivity contribution is 5.27. The first-order valence-corrected chi connectivity index (χ1v) is 9.38. The van der Waals surface area contributed by atoms with Gasteiger partial charge < -0.3 is 9.30 Å². The molecule has 3 heteroatoms. The second kappa shape index (κ2) is 9.23. The Labute approximate surface area is 156 Å². The number of imidazole rings is 1. The number of nitrogens with zero attached hydrogens (tertiary/aromatic N) is 2. The van der Waals surface area contributed by atoms with E-state index in [2.05, 4.69) is 59.1 Å². The van der Waals surface area contributed by atoms with E-state index in [1.807, 2.05) is 24.7 Å². The number of hydrogen-bond donors (Lipinski definition) is 0. The zero-order valence-corrected chi connectivity index (χ0v) is 15.8. The highest BCUT2D eigenvalue weighted by Crippen LogP contribution is 2.21. The van der Waals surface area contributed by atoms with E-state index in [-0.39, 0.29) is 0 Å². The van der Waals surface area contributed by atoms with Crippen LogP contribution < -0.4 is 4.74 Å². The summed E-state index contributed by atoms with van der Waals surface area (Å²) in [4.78, 5) is 4.19. The Hall–Kier alpha value is -2.55. The Morgan fingerprint density at radius 1 is 1.00 bits per heavy atom. The van der Waals surface area contributed by atoms with E-state index in [0.29, 0.717) is 5.92 Å². The predicted molar refractivity (Wildman–Crippen MR) is 107 cm³/mol. The van der Waals surface area contributed by atoms with Gasteiger partial charge in [-0.3, -0.25) is 0 Å². The van der Waals surface area contributed by atoms with Crippen molar-refractivity contribution >= 4 is 0 Å². The summed E-state index contributed by atoms with van der Waals surface area (Å²) in [6.07, 6.45) is 10.4. The molecule has 0 fully saturated rings. The van der Waals surface area contributed by atoms with Crippen LogP contribution >= 0.6 is 0 Å². The van der Waals surface area contributed by atoms with Crippen LogP contribution in [0.4, 0.5) is 0 Å². The van der Waals surface area contributed by atoms with Gasteiger partial charge in [0.15, 0.2) is 0 Å². The van der Waals surface area contributed by atoms with Gasteiger partial charge in [0.25, 0.3) is 0 Å². The molecule has 0 N–H and O–H groups in total. The molecule has 1 unspecified atom stereocenters. The average molecular weight is 348 g/mol. The van der Waals surface area contributed by atoms with E-state index < -0.39 is 0 Å². The van der Waals surface area contributed by atoms with E-state index in [1.54, 1.807) is 7.11 Å². The van der Waals surface area contributed by atoms with Crippen LogP contribution in [0.3, 0.4) is 0 Å². The molecular weight excluding hydrogens is 320 g/mol. The molecule has 0 aliphatic rings. The molecule has 3 aromatic rings. The van der Waals surface area contributed by atoms with Crippen LogP contribution in [-0.2, 0) is 19.4 Å². The summed E-state index contributed by atoms with van der Waals surface area (Å²) in [6.45, 7) is 3.24. The fourth-order valence-electron chi connectivity index (χ4n) is 3.43. The van der Waals surface area contributed by atoms with Crippen LogP contribution in [0.2, 0.25) is 0 Å². The van der Waals surface area contributed by atoms with Crippen molar-refractivity contribution in [1.82, 2.24) is 9.55 Å². The maximum Gasteiger partial charge on any atom is 0.118 e. The van der Waals surface area contributed by atoms with Gasteiger partial charge in [-0.2, -0.15) is 0 Å². The van der Waals surface area contributed by atoms with E-state index >= 15 is 0 Å². The Morgan fingerprint density at radius 2 is 1.77 bits per heavy atom. The first-order valence-electron chi connectivity index (χ1n) is 9.38. The second-order valence-electron chi connectivity index (χ2n) is 6.98. The van der Waals surface area contributed by atoms with Gasteiger partial charge in [0.2, 0.25) is 0 Å². The molecule has 3 rings (SSSR count). The minimum absolute atomic E-state index is 0.630. The third kappa shape index (κ3) is 5.22. The topological polar surface area (TPSA) is 27.1 Å². The summed E-state index contributed by atoms with van der Waals surface area (Å²) in [7, 11) is 1.71. The van der Waals surface area contributed by atoms with Gasteiger partial charge in [-0.15, -0.1) is 0 Å². The summed E-state index contributed by atoms with van der Waals surface area (Å²) >= 11 is 0. The number of methoxy groups -OCH3 is 1. The molecule has 1 atom stereocenters. The molecule has 3 nitrogen and oxygen atoms in total. The molecule has 0 aliphatic carbocycles. The number of rotatable bonds is 9. The molecule has 1 heterocycles. The number of benzene rings is 2.